The van der Waals surface area contributed by atoms with Crippen LogP contribution >= 0.6 is 0 Å². The SMILES string of the molecule is Cn1ccc(CCNCCCCCCO)n1. The Hall–Kier alpha value is -0.870. The van der Waals surface area contributed by atoms with Gasteiger partial charge in [0.1, 0.15) is 0 Å². The monoisotopic (exact) mass is 225 g/mol. The van der Waals surface area contributed by atoms with Crippen LogP contribution < -0.4 is 5.32 Å². The summed E-state index contributed by atoms with van der Waals surface area (Å²) in [6, 6.07) is 2.06. The predicted molar refractivity (Wildman–Crippen MR) is 65.3 cm³/mol. The van der Waals surface area contributed by atoms with E-state index in [1.165, 1.54) is 12.8 Å². The van der Waals surface area contributed by atoms with Gasteiger partial charge in [-0.3, -0.25) is 4.68 Å². The Balaban J connectivity index is 1.88. The second kappa shape index (κ2) is 8.30. The highest BCUT2D eigenvalue weighted by Gasteiger charge is 1.96. The van der Waals surface area contributed by atoms with Crippen LogP contribution in [0.4, 0.5) is 0 Å². The lowest BCUT2D eigenvalue weighted by atomic mass is 10.2. The Morgan fingerprint density at radius 2 is 2.06 bits per heavy atom. The van der Waals surface area contributed by atoms with Gasteiger partial charge in [-0.05, 0) is 25.5 Å². The Morgan fingerprint density at radius 3 is 2.75 bits per heavy atom. The number of aromatic nitrogens is 2. The maximum atomic E-state index is 8.61. The zero-order valence-electron chi connectivity index (χ0n) is 10.2. The molecule has 92 valence electrons. The first kappa shape index (κ1) is 13.2. The van der Waals surface area contributed by atoms with Crippen molar-refractivity contribution in [2.45, 2.75) is 32.1 Å². The topological polar surface area (TPSA) is 50.1 Å². The number of hydrogen-bond donors (Lipinski definition) is 2. The van der Waals surface area contributed by atoms with E-state index in [9.17, 15) is 0 Å². The van der Waals surface area contributed by atoms with Crippen LogP contribution in [-0.2, 0) is 13.5 Å². The van der Waals surface area contributed by atoms with E-state index in [1.54, 1.807) is 0 Å². The number of hydrogen-bond acceptors (Lipinski definition) is 3. The molecule has 0 bridgehead atoms. The minimum Gasteiger partial charge on any atom is -0.396 e. The number of unbranched alkanes of at least 4 members (excludes halogenated alkanes) is 3. The minimum absolute atomic E-state index is 0.326. The fourth-order valence-electron chi connectivity index (χ4n) is 1.65. The van der Waals surface area contributed by atoms with Crippen LogP contribution in [0.3, 0.4) is 0 Å². The van der Waals surface area contributed by atoms with Gasteiger partial charge in [-0.2, -0.15) is 5.10 Å². The van der Waals surface area contributed by atoms with Crippen LogP contribution in [-0.4, -0.2) is 34.6 Å². The van der Waals surface area contributed by atoms with Crippen LogP contribution in [0.2, 0.25) is 0 Å². The molecule has 0 fully saturated rings. The van der Waals surface area contributed by atoms with Crippen LogP contribution in [0.1, 0.15) is 31.4 Å². The van der Waals surface area contributed by atoms with Gasteiger partial charge in [0.05, 0.1) is 5.69 Å². The molecule has 1 aromatic rings. The lowest BCUT2D eigenvalue weighted by molar-refractivity contribution is 0.282. The molecule has 0 aliphatic heterocycles. The molecule has 2 N–H and O–H groups in total. The lowest BCUT2D eigenvalue weighted by Crippen LogP contribution is -2.18. The van der Waals surface area contributed by atoms with Crippen molar-refractivity contribution < 1.29 is 5.11 Å². The third kappa shape index (κ3) is 5.88. The van der Waals surface area contributed by atoms with Crippen molar-refractivity contribution in [1.82, 2.24) is 15.1 Å². The summed E-state index contributed by atoms with van der Waals surface area (Å²) in [4.78, 5) is 0. The van der Waals surface area contributed by atoms with Crippen molar-refractivity contribution in [1.29, 1.82) is 0 Å². The molecular formula is C12H23N3O. The van der Waals surface area contributed by atoms with Crippen LogP contribution in [0, 0.1) is 0 Å². The highest BCUT2D eigenvalue weighted by Crippen LogP contribution is 1.98. The van der Waals surface area contributed by atoms with Gasteiger partial charge < -0.3 is 10.4 Å². The molecule has 0 saturated carbocycles. The second-order valence-electron chi connectivity index (χ2n) is 4.12. The molecule has 0 aromatic carbocycles. The predicted octanol–water partition coefficient (Wildman–Crippen LogP) is 1.10. The smallest absolute Gasteiger partial charge is 0.0637 e. The summed E-state index contributed by atoms with van der Waals surface area (Å²) in [5.41, 5.74) is 1.15. The summed E-state index contributed by atoms with van der Waals surface area (Å²) in [7, 11) is 1.94. The van der Waals surface area contributed by atoms with E-state index in [0.29, 0.717) is 6.61 Å². The molecule has 0 amide bonds. The normalized spacial score (nSPS) is 10.9. The van der Waals surface area contributed by atoms with Crippen molar-refractivity contribution in [2.24, 2.45) is 7.05 Å². The molecule has 0 aliphatic rings. The van der Waals surface area contributed by atoms with E-state index in [4.69, 9.17) is 5.11 Å². The summed E-state index contributed by atoms with van der Waals surface area (Å²) in [6.45, 7) is 2.39. The minimum atomic E-state index is 0.326. The summed E-state index contributed by atoms with van der Waals surface area (Å²) < 4.78 is 1.84. The lowest BCUT2D eigenvalue weighted by Gasteiger charge is -2.03. The van der Waals surface area contributed by atoms with Crippen molar-refractivity contribution in [2.75, 3.05) is 19.7 Å². The molecule has 4 heteroatoms. The Kier molecular flexibility index (Phi) is 6.85. The van der Waals surface area contributed by atoms with Gasteiger partial charge in [0.15, 0.2) is 0 Å². The van der Waals surface area contributed by atoms with Gasteiger partial charge in [0.2, 0.25) is 0 Å². The fraction of sp³-hybridized carbons (Fsp3) is 0.750. The Bertz CT molecular complexity index is 273. The molecule has 0 spiro atoms. The number of nitrogens with one attached hydrogen (secondary N) is 1. The van der Waals surface area contributed by atoms with E-state index in [2.05, 4.69) is 16.5 Å². The molecule has 4 nitrogen and oxygen atoms in total. The number of rotatable bonds is 9. The van der Waals surface area contributed by atoms with E-state index in [0.717, 1.165) is 38.0 Å². The van der Waals surface area contributed by atoms with Gasteiger partial charge in [-0.25, -0.2) is 0 Å². The Morgan fingerprint density at radius 1 is 1.25 bits per heavy atom. The molecule has 1 aromatic heterocycles. The molecule has 0 atom stereocenters. The first-order chi connectivity index (χ1) is 7.83. The molecule has 0 saturated heterocycles. The average Bonchev–Trinajstić information content (AvgIpc) is 2.68. The van der Waals surface area contributed by atoms with E-state index in [1.807, 2.05) is 17.9 Å². The second-order valence-corrected chi connectivity index (χ2v) is 4.12. The van der Waals surface area contributed by atoms with Gasteiger partial charge >= 0.3 is 0 Å². The molecule has 16 heavy (non-hydrogen) atoms. The van der Waals surface area contributed by atoms with Crippen molar-refractivity contribution >= 4 is 0 Å². The van der Waals surface area contributed by atoms with Crippen molar-refractivity contribution in [3.8, 4) is 0 Å². The molecule has 0 unspecified atom stereocenters. The highest BCUT2D eigenvalue weighted by molar-refractivity contribution is 4.98. The summed E-state index contributed by atoms with van der Waals surface area (Å²) in [6.07, 6.45) is 7.45. The number of nitrogens with zero attached hydrogens (tertiary/aromatic N) is 2. The zero-order chi connectivity index (χ0) is 11.6. The largest absolute Gasteiger partial charge is 0.396 e. The fourth-order valence-corrected chi connectivity index (χ4v) is 1.65. The Labute approximate surface area is 97.7 Å². The zero-order valence-corrected chi connectivity index (χ0v) is 10.2. The summed E-state index contributed by atoms with van der Waals surface area (Å²) >= 11 is 0. The maximum absolute atomic E-state index is 8.61. The molecular weight excluding hydrogens is 202 g/mol. The van der Waals surface area contributed by atoms with E-state index in [-0.39, 0.29) is 0 Å². The number of aryl methyl sites for hydroxylation is 1. The summed E-state index contributed by atoms with van der Waals surface area (Å²) in [5, 5.41) is 16.3. The highest BCUT2D eigenvalue weighted by atomic mass is 16.2. The van der Waals surface area contributed by atoms with Crippen LogP contribution in [0.25, 0.3) is 0 Å². The van der Waals surface area contributed by atoms with Gasteiger partial charge in [0.25, 0.3) is 0 Å². The van der Waals surface area contributed by atoms with Gasteiger partial charge in [0, 0.05) is 32.8 Å². The quantitative estimate of drug-likeness (QED) is 0.619. The standard InChI is InChI=1S/C12H23N3O/c1-15-10-7-12(14-15)6-9-13-8-4-2-3-5-11-16/h7,10,13,16H,2-6,8-9,11H2,1H3. The van der Waals surface area contributed by atoms with Crippen LogP contribution in [0.5, 0.6) is 0 Å². The molecule has 0 aliphatic carbocycles. The summed E-state index contributed by atoms with van der Waals surface area (Å²) in [5.74, 6) is 0. The third-order valence-corrected chi connectivity index (χ3v) is 2.59. The van der Waals surface area contributed by atoms with Crippen molar-refractivity contribution in [3.63, 3.8) is 0 Å². The molecule has 1 rings (SSSR count). The first-order valence-corrected chi connectivity index (χ1v) is 6.13. The van der Waals surface area contributed by atoms with Gasteiger partial charge in [-0.15, -0.1) is 0 Å². The van der Waals surface area contributed by atoms with E-state index >= 15 is 0 Å². The number of aliphatic hydroxyl groups excluding tert-OH is 1. The molecule has 0 radical (unpaired) electrons. The van der Waals surface area contributed by atoms with Gasteiger partial charge in [-0.1, -0.05) is 12.8 Å². The third-order valence-electron chi connectivity index (χ3n) is 2.59. The average molecular weight is 225 g/mol. The van der Waals surface area contributed by atoms with E-state index < -0.39 is 0 Å². The van der Waals surface area contributed by atoms with Crippen molar-refractivity contribution in [3.05, 3.63) is 18.0 Å². The maximum Gasteiger partial charge on any atom is 0.0637 e. The van der Waals surface area contributed by atoms with Crippen LogP contribution in [0.15, 0.2) is 12.3 Å². The number of aliphatic hydroxyl groups is 1. The first-order valence-electron chi connectivity index (χ1n) is 6.13. The molecule has 1 heterocycles.